The average Bonchev–Trinajstić information content (AvgIpc) is 3.53. The van der Waals surface area contributed by atoms with E-state index in [1.807, 2.05) is 6.92 Å². The summed E-state index contributed by atoms with van der Waals surface area (Å²) in [6, 6.07) is 9.59. The number of phenolic OH excluding ortho intramolecular Hbond substituents is 1. The Kier molecular flexibility index (Phi) is 6.59. The number of aromatic nitrogens is 1. The van der Waals surface area contributed by atoms with Gasteiger partial charge in [-0.3, -0.25) is 14.9 Å². The van der Waals surface area contributed by atoms with Crippen LogP contribution in [0.5, 0.6) is 5.75 Å². The quantitative estimate of drug-likeness (QED) is 0.325. The van der Waals surface area contributed by atoms with Gasteiger partial charge in [0.05, 0.1) is 24.7 Å². The lowest BCUT2D eigenvalue weighted by Crippen LogP contribution is -2.57. The van der Waals surface area contributed by atoms with Gasteiger partial charge < -0.3 is 25.1 Å². The lowest BCUT2D eigenvalue weighted by atomic mass is 9.47. The van der Waals surface area contributed by atoms with Crippen LogP contribution in [0.15, 0.2) is 47.1 Å². The third-order valence-electron chi connectivity index (χ3n) is 8.38. The van der Waals surface area contributed by atoms with Gasteiger partial charge in [0.25, 0.3) is 5.91 Å². The van der Waals surface area contributed by atoms with Crippen LogP contribution < -0.4 is 10.6 Å². The number of fused-ring (bicyclic) bond motifs is 2. The number of aliphatic hydroxyl groups is 2. The first-order valence-corrected chi connectivity index (χ1v) is 13.2. The van der Waals surface area contributed by atoms with Gasteiger partial charge in [-0.25, -0.2) is 4.98 Å². The minimum absolute atomic E-state index is 0.0567. The number of aromatic hydroxyl groups is 1. The zero-order valence-corrected chi connectivity index (χ0v) is 21.5. The zero-order valence-electron chi connectivity index (χ0n) is 20.7. The fraction of sp³-hybridized carbons (Fsp3) is 0.444. The number of rotatable bonds is 6. The van der Waals surface area contributed by atoms with Crippen molar-refractivity contribution in [3.05, 3.63) is 59.0 Å². The summed E-state index contributed by atoms with van der Waals surface area (Å²) in [6.45, 7) is 3.86. The number of benzene rings is 1. The molecule has 0 radical (unpaired) electrons. The second-order valence-electron chi connectivity index (χ2n) is 10.6. The van der Waals surface area contributed by atoms with Gasteiger partial charge in [0.15, 0.2) is 10.9 Å². The number of carbonyl (C=O) groups excluding carboxylic acids is 2. The van der Waals surface area contributed by atoms with Gasteiger partial charge in [0, 0.05) is 34.4 Å². The molecule has 2 heterocycles. The number of nitrogens with one attached hydrogen (secondary N) is 2. The Morgan fingerprint density at radius 3 is 2.73 bits per heavy atom. The maximum atomic E-state index is 13.3. The van der Waals surface area contributed by atoms with E-state index in [0.717, 1.165) is 10.6 Å². The van der Waals surface area contributed by atoms with Crippen LogP contribution in [0.25, 0.3) is 0 Å². The molecule has 1 fully saturated rings. The summed E-state index contributed by atoms with van der Waals surface area (Å²) in [5.74, 6) is -0.813. The van der Waals surface area contributed by atoms with Crippen LogP contribution in [-0.4, -0.2) is 44.8 Å². The van der Waals surface area contributed by atoms with E-state index in [1.165, 1.54) is 29.7 Å². The summed E-state index contributed by atoms with van der Waals surface area (Å²) < 4.78 is 5.19. The normalized spacial score (nSPS) is 28.7. The Labute approximate surface area is 218 Å². The van der Waals surface area contributed by atoms with Gasteiger partial charge in [0.1, 0.15) is 5.75 Å². The van der Waals surface area contributed by atoms with Crippen LogP contribution in [0.3, 0.4) is 0 Å². The fourth-order valence-electron chi connectivity index (χ4n) is 6.25. The van der Waals surface area contributed by atoms with Crippen LogP contribution in [0.2, 0.25) is 0 Å². The highest BCUT2D eigenvalue weighted by atomic mass is 32.1. The lowest BCUT2D eigenvalue weighted by molar-refractivity contribution is -0.143. The fourth-order valence-corrected chi connectivity index (χ4v) is 7.31. The smallest absolute Gasteiger partial charge is 0.293 e. The highest BCUT2D eigenvalue weighted by Crippen LogP contribution is 2.62. The van der Waals surface area contributed by atoms with Gasteiger partial charge in [-0.2, -0.15) is 0 Å². The summed E-state index contributed by atoms with van der Waals surface area (Å²) in [4.78, 5) is 31.6. The maximum Gasteiger partial charge on any atom is 0.293 e. The Balaban J connectivity index is 1.49. The average molecular weight is 526 g/mol. The van der Waals surface area contributed by atoms with E-state index in [0.29, 0.717) is 30.1 Å². The first-order chi connectivity index (χ1) is 17.6. The molecule has 2 amide bonds. The summed E-state index contributed by atoms with van der Waals surface area (Å²) >= 11 is 1.35. The van der Waals surface area contributed by atoms with Gasteiger partial charge in [-0.1, -0.05) is 19.9 Å². The molecule has 2 aliphatic carbocycles. The van der Waals surface area contributed by atoms with Crippen molar-refractivity contribution in [2.75, 3.05) is 17.2 Å². The molecule has 196 valence electrons. The van der Waals surface area contributed by atoms with Crippen molar-refractivity contribution in [2.45, 2.75) is 51.6 Å². The highest BCUT2D eigenvalue weighted by Gasteiger charge is 2.59. The Bertz CT molecular complexity index is 1310. The summed E-state index contributed by atoms with van der Waals surface area (Å²) in [6.07, 6.45) is 2.65. The van der Waals surface area contributed by atoms with Crippen LogP contribution >= 0.6 is 11.3 Å². The minimum Gasteiger partial charge on any atom is -0.508 e. The molecule has 5 N–H and O–H groups in total. The molecule has 0 aliphatic heterocycles. The molecule has 1 aromatic carbocycles. The minimum atomic E-state index is -0.744. The molecule has 5 rings (SSSR count). The number of furan rings is 1. The second-order valence-corrected chi connectivity index (χ2v) is 11.7. The standard InChI is InChI=1S/C27H31N3O6S/c1-26-9-8-21(33)27(2,14-31)20(26)13-19-23(29-25(37-19)30-24(35)18-7-4-10-36-18)17(26)12-22(34)28-15-5-3-6-16(32)11-15/h3-7,10-11,17,20-21,31-33H,8-9,12-14H2,1-2H3,(H,28,34)(H,29,30,35)/t17-,20+,21-,26+,27+/m1/s1. The molecule has 2 aromatic heterocycles. The third-order valence-corrected chi connectivity index (χ3v) is 9.39. The summed E-state index contributed by atoms with van der Waals surface area (Å²) in [5, 5.41) is 37.2. The predicted molar refractivity (Wildman–Crippen MR) is 139 cm³/mol. The van der Waals surface area contributed by atoms with Crippen molar-refractivity contribution >= 4 is 34.0 Å². The van der Waals surface area contributed by atoms with Gasteiger partial charge in [0.2, 0.25) is 5.91 Å². The lowest BCUT2D eigenvalue weighted by Gasteiger charge is -2.58. The van der Waals surface area contributed by atoms with Gasteiger partial charge in [-0.05, 0) is 54.9 Å². The Morgan fingerprint density at radius 2 is 2.03 bits per heavy atom. The second kappa shape index (κ2) is 9.59. The first kappa shape index (κ1) is 25.4. The van der Waals surface area contributed by atoms with Crippen molar-refractivity contribution in [3.8, 4) is 5.75 Å². The van der Waals surface area contributed by atoms with Gasteiger partial charge >= 0.3 is 0 Å². The number of hydrogen-bond donors (Lipinski definition) is 5. The molecule has 0 spiro atoms. The summed E-state index contributed by atoms with van der Waals surface area (Å²) in [7, 11) is 0. The van der Waals surface area contributed by atoms with E-state index in [9.17, 15) is 24.9 Å². The molecule has 0 bridgehead atoms. The van der Waals surface area contributed by atoms with Crippen LogP contribution in [-0.2, 0) is 11.2 Å². The molecule has 37 heavy (non-hydrogen) atoms. The number of aliphatic hydroxyl groups excluding tert-OH is 2. The Morgan fingerprint density at radius 1 is 1.22 bits per heavy atom. The van der Waals surface area contributed by atoms with Crippen LogP contribution in [0, 0.1) is 16.7 Å². The number of thiazole rings is 1. The van der Waals surface area contributed by atoms with Crippen molar-refractivity contribution in [3.63, 3.8) is 0 Å². The highest BCUT2D eigenvalue weighted by molar-refractivity contribution is 7.15. The number of anilines is 2. The van der Waals surface area contributed by atoms with E-state index in [4.69, 9.17) is 9.40 Å². The maximum absolute atomic E-state index is 13.3. The van der Waals surface area contributed by atoms with Crippen molar-refractivity contribution < 1.29 is 29.3 Å². The molecule has 0 unspecified atom stereocenters. The number of phenols is 1. The van der Waals surface area contributed by atoms with E-state index in [2.05, 4.69) is 17.6 Å². The molecule has 5 atom stereocenters. The SMILES string of the molecule is C[C@]1(CO)[C@H]2Cc3sc(NC(=O)c4ccco4)nc3[C@@H](CC(=O)Nc3cccc(O)c3)[C@]2(C)CC[C@H]1O. The van der Waals surface area contributed by atoms with Crippen molar-refractivity contribution in [1.29, 1.82) is 0 Å². The molecular formula is C27H31N3O6S. The molecule has 2 aliphatic rings. The van der Waals surface area contributed by atoms with Crippen LogP contribution in [0.1, 0.15) is 60.2 Å². The molecule has 10 heteroatoms. The number of amides is 2. The largest absolute Gasteiger partial charge is 0.508 e. The topological polar surface area (TPSA) is 145 Å². The number of nitrogens with zero attached hydrogens (tertiary/aromatic N) is 1. The van der Waals surface area contributed by atoms with Crippen LogP contribution in [0.4, 0.5) is 10.8 Å². The number of hydrogen-bond acceptors (Lipinski definition) is 8. The summed E-state index contributed by atoms with van der Waals surface area (Å²) in [5.41, 5.74) is 0.0931. The molecule has 3 aromatic rings. The van der Waals surface area contributed by atoms with Crippen molar-refractivity contribution in [2.24, 2.45) is 16.7 Å². The third kappa shape index (κ3) is 4.54. The van der Waals surface area contributed by atoms with E-state index >= 15 is 0 Å². The molecule has 0 saturated heterocycles. The van der Waals surface area contributed by atoms with E-state index in [-0.39, 0.29) is 42.3 Å². The molecular weight excluding hydrogens is 494 g/mol. The zero-order chi connectivity index (χ0) is 26.4. The first-order valence-electron chi connectivity index (χ1n) is 12.4. The van der Waals surface area contributed by atoms with E-state index < -0.39 is 22.8 Å². The molecule has 1 saturated carbocycles. The number of carbonyl (C=O) groups is 2. The Hall–Kier alpha value is -3.21. The monoisotopic (exact) mass is 525 g/mol. The van der Waals surface area contributed by atoms with E-state index in [1.54, 1.807) is 24.3 Å². The molecule has 9 nitrogen and oxygen atoms in total. The predicted octanol–water partition coefficient (Wildman–Crippen LogP) is 4.14. The van der Waals surface area contributed by atoms with Crippen molar-refractivity contribution in [1.82, 2.24) is 4.98 Å². The van der Waals surface area contributed by atoms with Gasteiger partial charge in [-0.15, -0.1) is 11.3 Å².